The van der Waals surface area contributed by atoms with Gasteiger partial charge in [-0.3, -0.25) is 14.7 Å². The number of hydrogen-bond acceptors (Lipinski definition) is 3. The van der Waals surface area contributed by atoms with E-state index in [2.05, 4.69) is 9.89 Å². The lowest BCUT2D eigenvalue weighted by Crippen LogP contribution is -2.49. The fraction of sp³-hybridized carbons (Fsp3) is 0.800. The van der Waals surface area contributed by atoms with Crippen LogP contribution in [0.5, 0.6) is 0 Å². The van der Waals surface area contributed by atoms with E-state index < -0.39 is 0 Å². The first-order chi connectivity index (χ1) is 6.79. The summed E-state index contributed by atoms with van der Waals surface area (Å²) in [6.07, 6.45) is 3.93. The Kier molecular flexibility index (Phi) is 2.70. The maximum atomic E-state index is 11.7. The molecule has 0 aromatic heterocycles. The summed E-state index contributed by atoms with van der Waals surface area (Å²) in [4.78, 5) is 20.0. The van der Waals surface area contributed by atoms with Crippen molar-refractivity contribution in [1.82, 2.24) is 9.80 Å². The van der Waals surface area contributed by atoms with Gasteiger partial charge in [0.05, 0.1) is 0 Å². The van der Waals surface area contributed by atoms with Gasteiger partial charge < -0.3 is 4.90 Å². The molecular formula is C10H17N3O. The Hall–Kier alpha value is -1.06. The molecule has 1 saturated heterocycles. The third-order valence-electron chi connectivity index (χ3n) is 2.81. The van der Waals surface area contributed by atoms with Gasteiger partial charge in [0.25, 0.3) is 0 Å². The molecule has 0 aromatic rings. The van der Waals surface area contributed by atoms with Gasteiger partial charge in [0.15, 0.2) is 0 Å². The van der Waals surface area contributed by atoms with Crippen molar-refractivity contribution in [3.8, 4) is 0 Å². The number of nitrogens with zero attached hydrogens (tertiary/aromatic N) is 3. The average Bonchev–Trinajstić information content (AvgIpc) is 2.20. The maximum absolute atomic E-state index is 11.7. The zero-order valence-electron chi connectivity index (χ0n) is 8.70. The number of piperidine rings is 1. The highest BCUT2D eigenvalue weighted by Gasteiger charge is 2.26. The van der Waals surface area contributed by atoms with Crippen LogP contribution in [-0.2, 0) is 4.79 Å². The second kappa shape index (κ2) is 3.98. The molecule has 2 heterocycles. The fourth-order valence-electron chi connectivity index (χ4n) is 2.02. The Balaban J connectivity index is 2.11. The Morgan fingerprint density at radius 3 is 2.79 bits per heavy atom. The molecule has 78 valence electrons. The third-order valence-corrected chi connectivity index (χ3v) is 2.81. The molecule has 4 nitrogen and oxygen atoms in total. The number of carbonyl (C=O) groups is 1. The summed E-state index contributed by atoms with van der Waals surface area (Å²) in [6.45, 7) is 2.73. The molecule has 0 unspecified atom stereocenters. The number of rotatable bonds is 0. The molecule has 0 spiro atoms. The molecule has 0 bridgehead atoms. The molecule has 0 N–H and O–H groups in total. The number of hydrogen-bond donors (Lipinski definition) is 0. The summed E-state index contributed by atoms with van der Waals surface area (Å²) >= 11 is 0. The van der Waals surface area contributed by atoms with E-state index in [1.807, 2.05) is 11.9 Å². The van der Waals surface area contributed by atoms with Gasteiger partial charge in [0.1, 0.15) is 0 Å². The Bertz CT molecular complexity index is 262. The van der Waals surface area contributed by atoms with Crippen molar-refractivity contribution in [2.24, 2.45) is 4.99 Å². The largest absolute Gasteiger partial charge is 0.345 e. The third kappa shape index (κ3) is 1.74. The minimum Gasteiger partial charge on any atom is -0.345 e. The zero-order valence-corrected chi connectivity index (χ0v) is 8.70. The first kappa shape index (κ1) is 9.49. The lowest BCUT2D eigenvalue weighted by atomic mass is 10.1. The van der Waals surface area contributed by atoms with E-state index in [1.54, 1.807) is 0 Å². The van der Waals surface area contributed by atoms with E-state index in [0.717, 1.165) is 44.9 Å². The smallest absolute Gasteiger partial charge is 0.229 e. The Morgan fingerprint density at radius 2 is 2.07 bits per heavy atom. The second-order valence-electron chi connectivity index (χ2n) is 3.96. The molecule has 14 heavy (non-hydrogen) atoms. The van der Waals surface area contributed by atoms with Gasteiger partial charge >= 0.3 is 0 Å². The van der Waals surface area contributed by atoms with Crippen molar-refractivity contribution >= 4 is 11.9 Å². The van der Waals surface area contributed by atoms with E-state index in [-0.39, 0.29) is 5.91 Å². The Morgan fingerprint density at radius 1 is 1.21 bits per heavy atom. The van der Waals surface area contributed by atoms with E-state index in [9.17, 15) is 4.79 Å². The van der Waals surface area contributed by atoms with E-state index >= 15 is 0 Å². The summed E-state index contributed by atoms with van der Waals surface area (Å²) < 4.78 is 0. The normalized spacial score (nSPS) is 23.8. The quantitative estimate of drug-likeness (QED) is 0.570. The van der Waals surface area contributed by atoms with Crippen LogP contribution < -0.4 is 0 Å². The van der Waals surface area contributed by atoms with Crippen molar-refractivity contribution in [1.29, 1.82) is 0 Å². The van der Waals surface area contributed by atoms with Crippen LogP contribution in [0.25, 0.3) is 0 Å². The standard InChI is InChI=1S/C10H17N3O/c1-12-7-4-6-11-10(12)13-8-3-2-5-9(13)14/h2-8H2,1H3. The van der Waals surface area contributed by atoms with Crippen molar-refractivity contribution in [3.05, 3.63) is 0 Å². The van der Waals surface area contributed by atoms with Crippen LogP contribution in [0.2, 0.25) is 0 Å². The predicted molar refractivity (Wildman–Crippen MR) is 55.1 cm³/mol. The topological polar surface area (TPSA) is 35.9 Å². The molecule has 1 amide bonds. The van der Waals surface area contributed by atoms with Crippen LogP contribution >= 0.6 is 0 Å². The van der Waals surface area contributed by atoms with Crippen molar-refractivity contribution in [2.75, 3.05) is 26.7 Å². The van der Waals surface area contributed by atoms with Crippen molar-refractivity contribution in [2.45, 2.75) is 25.7 Å². The van der Waals surface area contributed by atoms with E-state index in [0.29, 0.717) is 6.42 Å². The van der Waals surface area contributed by atoms with Gasteiger partial charge in [-0.2, -0.15) is 0 Å². The molecule has 0 radical (unpaired) electrons. The average molecular weight is 195 g/mol. The van der Waals surface area contributed by atoms with Gasteiger partial charge in [-0.05, 0) is 19.3 Å². The molecule has 2 rings (SSSR count). The second-order valence-corrected chi connectivity index (χ2v) is 3.96. The lowest BCUT2D eigenvalue weighted by Gasteiger charge is -2.35. The minimum absolute atomic E-state index is 0.240. The van der Waals surface area contributed by atoms with Gasteiger partial charge in [0, 0.05) is 33.1 Å². The van der Waals surface area contributed by atoms with Gasteiger partial charge in [-0.15, -0.1) is 0 Å². The highest BCUT2D eigenvalue weighted by molar-refractivity contribution is 5.97. The summed E-state index contributed by atoms with van der Waals surface area (Å²) in [5.41, 5.74) is 0. The van der Waals surface area contributed by atoms with Crippen LogP contribution in [0.1, 0.15) is 25.7 Å². The number of guanidine groups is 1. The summed E-state index contributed by atoms with van der Waals surface area (Å²) in [7, 11) is 2.01. The molecule has 0 atom stereocenters. The van der Waals surface area contributed by atoms with Crippen LogP contribution in [0.3, 0.4) is 0 Å². The first-order valence-electron chi connectivity index (χ1n) is 5.35. The van der Waals surface area contributed by atoms with Gasteiger partial charge in [-0.1, -0.05) is 0 Å². The molecule has 2 aliphatic heterocycles. The summed E-state index contributed by atoms with van der Waals surface area (Å²) in [5.74, 6) is 1.13. The number of aliphatic imine (C=N–C) groups is 1. The van der Waals surface area contributed by atoms with Crippen LogP contribution in [0.15, 0.2) is 4.99 Å². The highest BCUT2D eigenvalue weighted by Crippen LogP contribution is 2.14. The number of carbonyl (C=O) groups excluding carboxylic acids is 1. The van der Waals surface area contributed by atoms with Crippen molar-refractivity contribution in [3.63, 3.8) is 0 Å². The minimum atomic E-state index is 0.240. The zero-order chi connectivity index (χ0) is 9.97. The molecule has 0 saturated carbocycles. The SMILES string of the molecule is CN1CCCN=C1N1CCCCC1=O. The van der Waals surface area contributed by atoms with E-state index in [1.165, 1.54) is 0 Å². The number of amides is 1. The van der Waals surface area contributed by atoms with Crippen molar-refractivity contribution < 1.29 is 4.79 Å². The van der Waals surface area contributed by atoms with Gasteiger partial charge in [-0.25, -0.2) is 0 Å². The van der Waals surface area contributed by atoms with Crippen LogP contribution in [0.4, 0.5) is 0 Å². The van der Waals surface area contributed by atoms with Gasteiger partial charge in [0.2, 0.25) is 11.9 Å². The molecule has 0 aromatic carbocycles. The molecule has 0 aliphatic carbocycles. The van der Waals surface area contributed by atoms with Crippen LogP contribution in [0, 0.1) is 0 Å². The lowest BCUT2D eigenvalue weighted by molar-refractivity contribution is -0.129. The summed E-state index contributed by atoms with van der Waals surface area (Å²) in [6, 6.07) is 0. The first-order valence-corrected chi connectivity index (χ1v) is 5.35. The summed E-state index contributed by atoms with van der Waals surface area (Å²) in [5, 5.41) is 0. The monoisotopic (exact) mass is 195 g/mol. The molecule has 1 fully saturated rings. The molecular weight excluding hydrogens is 178 g/mol. The maximum Gasteiger partial charge on any atom is 0.229 e. The molecule has 2 aliphatic rings. The van der Waals surface area contributed by atoms with Crippen LogP contribution in [-0.4, -0.2) is 48.3 Å². The fourth-order valence-corrected chi connectivity index (χ4v) is 2.02. The predicted octanol–water partition coefficient (Wildman–Crippen LogP) is 0.690. The highest BCUT2D eigenvalue weighted by atomic mass is 16.2. The Labute approximate surface area is 84.6 Å². The van der Waals surface area contributed by atoms with E-state index in [4.69, 9.17) is 0 Å². The number of likely N-dealkylation sites (tertiary alicyclic amines) is 1. The molecule has 4 heteroatoms.